The Bertz CT molecular complexity index is 788. The van der Waals surface area contributed by atoms with Gasteiger partial charge in [-0.2, -0.15) is 0 Å². The SMILES string of the molecule is Nc1ccc(S(=O)(=O)Cc2ccc([N+](=O)[O-])cc2Br)cc1. The van der Waals surface area contributed by atoms with Crippen molar-refractivity contribution in [3.05, 3.63) is 62.6 Å². The number of nitro groups is 1. The Labute approximate surface area is 129 Å². The molecule has 0 saturated carbocycles. The Balaban J connectivity index is 2.32. The highest BCUT2D eigenvalue weighted by atomic mass is 79.9. The van der Waals surface area contributed by atoms with Gasteiger partial charge in [0.2, 0.25) is 0 Å². The quantitative estimate of drug-likeness (QED) is 0.506. The summed E-state index contributed by atoms with van der Waals surface area (Å²) in [5, 5.41) is 10.7. The first-order valence-electron chi connectivity index (χ1n) is 5.81. The number of halogens is 1. The van der Waals surface area contributed by atoms with Gasteiger partial charge in [0.05, 0.1) is 15.6 Å². The van der Waals surface area contributed by atoms with E-state index < -0.39 is 14.8 Å². The average Bonchev–Trinajstić information content (AvgIpc) is 2.41. The molecule has 0 bridgehead atoms. The van der Waals surface area contributed by atoms with E-state index in [4.69, 9.17) is 5.73 Å². The van der Waals surface area contributed by atoms with Gasteiger partial charge in [-0.15, -0.1) is 0 Å². The predicted molar refractivity (Wildman–Crippen MR) is 82.5 cm³/mol. The van der Waals surface area contributed by atoms with Crippen molar-refractivity contribution < 1.29 is 13.3 Å². The molecule has 0 heterocycles. The van der Waals surface area contributed by atoms with Crippen molar-refractivity contribution in [3.63, 3.8) is 0 Å². The number of hydrogen-bond donors (Lipinski definition) is 1. The molecule has 0 aliphatic rings. The van der Waals surface area contributed by atoms with Crippen LogP contribution in [-0.2, 0) is 15.6 Å². The van der Waals surface area contributed by atoms with Crippen molar-refractivity contribution in [2.75, 3.05) is 5.73 Å². The largest absolute Gasteiger partial charge is 0.399 e. The third-order valence-corrected chi connectivity index (χ3v) is 5.25. The molecule has 0 amide bonds. The molecular formula is C13H11BrN2O4S. The third-order valence-electron chi connectivity index (χ3n) is 2.83. The number of non-ortho nitro benzene ring substituents is 1. The highest BCUT2D eigenvalue weighted by Gasteiger charge is 2.18. The first kappa shape index (κ1) is 15.5. The van der Waals surface area contributed by atoms with Crippen molar-refractivity contribution in [2.24, 2.45) is 0 Å². The minimum Gasteiger partial charge on any atom is -0.399 e. The van der Waals surface area contributed by atoms with Gasteiger partial charge in [-0.25, -0.2) is 8.42 Å². The molecule has 0 spiro atoms. The Hall–Kier alpha value is -1.93. The first-order chi connectivity index (χ1) is 9.79. The average molecular weight is 371 g/mol. The summed E-state index contributed by atoms with van der Waals surface area (Å²) in [7, 11) is -3.54. The molecular weight excluding hydrogens is 360 g/mol. The van der Waals surface area contributed by atoms with Crippen LogP contribution in [0, 0.1) is 10.1 Å². The monoisotopic (exact) mass is 370 g/mol. The van der Waals surface area contributed by atoms with Crippen LogP contribution in [0.1, 0.15) is 5.56 Å². The second-order valence-electron chi connectivity index (χ2n) is 4.36. The lowest BCUT2D eigenvalue weighted by atomic mass is 10.2. The smallest absolute Gasteiger partial charge is 0.270 e. The topological polar surface area (TPSA) is 103 Å². The number of nitrogens with two attached hydrogens (primary N) is 1. The Morgan fingerprint density at radius 2 is 1.76 bits per heavy atom. The van der Waals surface area contributed by atoms with Gasteiger partial charge < -0.3 is 5.73 Å². The summed E-state index contributed by atoms with van der Waals surface area (Å²) in [6, 6.07) is 9.88. The highest BCUT2D eigenvalue weighted by molar-refractivity contribution is 9.10. The lowest BCUT2D eigenvalue weighted by molar-refractivity contribution is -0.384. The molecule has 0 unspecified atom stereocenters. The zero-order chi connectivity index (χ0) is 15.6. The van der Waals surface area contributed by atoms with Crippen LogP contribution in [0.4, 0.5) is 11.4 Å². The van der Waals surface area contributed by atoms with Crippen LogP contribution in [0.2, 0.25) is 0 Å². The molecule has 0 aliphatic carbocycles. The third kappa shape index (κ3) is 3.59. The van der Waals surface area contributed by atoms with Crippen LogP contribution in [-0.4, -0.2) is 13.3 Å². The maximum Gasteiger partial charge on any atom is 0.270 e. The van der Waals surface area contributed by atoms with E-state index >= 15 is 0 Å². The minimum atomic E-state index is -3.54. The fourth-order valence-corrected chi connectivity index (χ4v) is 3.80. The molecule has 2 aromatic rings. The molecule has 2 aromatic carbocycles. The first-order valence-corrected chi connectivity index (χ1v) is 8.25. The van der Waals surface area contributed by atoms with E-state index in [9.17, 15) is 18.5 Å². The molecule has 0 atom stereocenters. The van der Waals surface area contributed by atoms with E-state index in [0.29, 0.717) is 15.7 Å². The molecule has 0 aliphatic heterocycles. The van der Waals surface area contributed by atoms with Crippen LogP contribution in [0.25, 0.3) is 0 Å². The maximum atomic E-state index is 12.3. The number of anilines is 1. The van der Waals surface area contributed by atoms with Crippen molar-refractivity contribution in [1.29, 1.82) is 0 Å². The molecule has 21 heavy (non-hydrogen) atoms. The van der Waals surface area contributed by atoms with E-state index in [2.05, 4.69) is 15.9 Å². The minimum absolute atomic E-state index is 0.101. The van der Waals surface area contributed by atoms with Gasteiger partial charge in [-0.3, -0.25) is 10.1 Å². The van der Waals surface area contributed by atoms with Gasteiger partial charge in [0, 0.05) is 22.3 Å². The standard InChI is InChI=1S/C13H11BrN2O4S/c14-13-7-11(16(17)18)4-1-9(13)8-21(19,20)12-5-2-10(15)3-6-12/h1-7H,8,15H2. The van der Waals surface area contributed by atoms with Gasteiger partial charge >= 0.3 is 0 Å². The second-order valence-corrected chi connectivity index (χ2v) is 7.20. The fourth-order valence-electron chi connectivity index (χ4n) is 1.73. The number of nitrogen functional groups attached to an aromatic ring is 1. The normalized spacial score (nSPS) is 11.3. The van der Waals surface area contributed by atoms with E-state index in [0.717, 1.165) is 0 Å². The Morgan fingerprint density at radius 1 is 1.14 bits per heavy atom. The van der Waals surface area contributed by atoms with Crippen molar-refractivity contribution in [3.8, 4) is 0 Å². The van der Waals surface area contributed by atoms with Crippen LogP contribution in [0.15, 0.2) is 51.8 Å². The summed E-state index contributed by atoms with van der Waals surface area (Å²) in [5.74, 6) is -0.254. The number of rotatable bonds is 4. The lowest BCUT2D eigenvalue weighted by Crippen LogP contribution is -2.06. The van der Waals surface area contributed by atoms with Crippen LogP contribution in [0.5, 0.6) is 0 Å². The van der Waals surface area contributed by atoms with Crippen LogP contribution in [0.3, 0.4) is 0 Å². The highest BCUT2D eigenvalue weighted by Crippen LogP contribution is 2.26. The van der Waals surface area contributed by atoms with Crippen LogP contribution < -0.4 is 5.73 Å². The number of nitrogens with zero attached hydrogens (tertiary/aromatic N) is 1. The lowest BCUT2D eigenvalue weighted by Gasteiger charge is -2.07. The van der Waals surface area contributed by atoms with E-state index in [1.165, 1.54) is 42.5 Å². The van der Waals surface area contributed by atoms with Gasteiger partial charge in [-0.1, -0.05) is 22.0 Å². The van der Waals surface area contributed by atoms with Gasteiger partial charge in [0.15, 0.2) is 9.84 Å². The summed E-state index contributed by atoms with van der Waals surface area (Å²) in [4.78, 5) is 10.3. The molecule has 2 N–H and O–H groups in total. The molecule has 6 nitrogen and oxygen atoms in total. The molecule has 8 heteroatoms. The van der Waals surface area contributed by atoms with E-state index in [1.54, 1.807) is 0 Å². The molecule has 0 fully saturated rings. The summed E-state index contributed by atoms with van der Waals surface area (Å²) in [6.07, 6.45) is 0. The summed E-state index contributed by atoms with van der Waals surface area (Å²) >= 11 is 3.16. The summed E-state index contributed by atoms with van der Waals surface area (Å²) in [5.41, 5.74) is 6.36. The number of benzene rings is 2. The van der Waals surface area contributed by atoms with Crippen molar-refractivity contribution >= 4 is 37.1 Å². The molecule has 2 rings (SSSR count). The molecule has 0 radical (unpaired) electrons. The van der Waals surface area contributed by atoms with Crippen LogP contribution >= 0.6 is 15.9 Å². The summed E-state index contributed by atoms with van der Waals surface area (Å²) in [6.45, 7) is 0. The molecule has 0 aromatic heterocycles. The second kappa shape index (κ2) is 5.82. The van der Waals surface area contributed by atoms with Crippen molar-refractivity contribution in [1.82, 2.24) is 0 Å². The van der Waals surface area contributed by atoms with E-state index in [-0.39, 0.29) is 16.3 Å². The number of nitro benzene ring substituents is 1. The number of hydrogen-bond acceptors (Lipinski definition) is 5. The van der Waals surface area contributed by atoms with Crippen molar-refractivity contribution in [2.45, 2.75) is 10.6 Å². The molecule has 110 valence electrons. The van der Waals surface area contributed by atoms with Gasteiger partial charge in [-0.05, 0) is 29.8 Å². The van der Waals surface area contributed by atoms with Gasteiger partial charge in [0.25, 0.3) is 5.69 Å². The summed E-state index contributed by atoms with van der Waals surface area (Å²) < 4.78 is 25.0. The zero-order valence-electron chi connectivity index (χ0n) is 10.7. The zero-order valence-corrected chi connectivity index (χ0v) is 13.1. The molecule has 0 saturated heterocycles. The maximum absolute atomic E-state index is 12.3. The Kier molecular flexibility index (Phi) is 4.29. The predicted octanol–water partition coefficient (Wildman–Crippen LogP) is 2.91. The van der Waals surface area contributed by atoms with E-state index in [1.807, 2.05) is 0 Å². The number of sulfone groups is 1. The fraction of sp³-hybridized carbons (Fsp3) is 0.0769. The Morgan fingerprint density at radius 3 is 2.29 bits per heavy atom. The van der Waals surface area contributed by atoms with Gasteiger partial charge in [0.1, 0.15) is 0 Å².